The zero-order chi connectivity index (χ0) is 23.0. The zero-order valence-corrected chi connectivity index (χ0v) is 18.9. The maximum Gasteiger partial charge on any atom is 0.250 e. The molecule has 2 aliphatic rings. The van der Waals surface area contributed by atoms with Crippen LogP contribution in [0.4, 0.5) is 5.69 Å². The van der Waals surface area contributed by atoms with Crippen LogP contribution in [0.25, 0.3) is 0 Å². The van der Waals surface area contributed by atoms with Gasteiger partial charge in [-0.1, -0.05) is 36.4 Å². The Bertz CT molecular complexity index is 1330. The minimum atomic E-state index is -3.68. The summed E-state index contributed by atoms with van der Waals surface area (Å²) >= 11 is 0. The van der Waals surface area contributed by atoms with Gasteiger partial charge in [-0.15, -0.1) is 0 Å². The first kappa shape index (κ1) is 21.6. The number of rotatable bonds is 5. The predicted molar refractivity (Wildman–Crippen MR) is 126 cm³/mol. The SMILES string of the molecule is O=C(Cc1ccccc1)Nc1ccc(S(=O)(=O)N2C[C@@H]3C[C@@H](C2)c2cccc(=O)n2C3)cc1. The number of amides is 1. The molecule has 2 aromatic carbocycles. The zero-order valence-electron chi connectivity index (χ0n) is 18.1. The molecule has 5 rings (SSSR count). The smallest absolute Gasteiger partial charge is 0.250 e. The van der Waals surface area contributed by atoms with Crippen LogP contribution in [0.15, 0.2) is 82.5 Å². The number of carbonyl (C=O) groups is 1. The third kappa shape index (κ3) is 4.36. The predicted octanol–water partition coefficient (Wildman–Crippen LogP) is 2.84. The highest BCUT2D eigenvalue weighted by Gasteiger charge is 2.39. The number of anilines is 1. The summed E-state index contributed by atoms with van der Waals surface area (Å²) in [6, 6.07) is 21.0. The van der Waals surface area contributed by atoms with Gasteiger partial charge in [-0.05, 0) is 48.2 Å². The van der Waals surface area contributed by atoms with E-state index >= 15 is 0 Å². The molecule has 3 aromatic rings. The quantitative estimate of drug-likeness (QED) is 0.630. The van der Waals surface area contributed by atoms with Crippen LogP contribution in [0, 0.1) is 5.92 Å². The Labute approximate surface area is 192 Å². The highest BCUT2D eigenvalue weighted by molar-refractivity contribution is 7.89. The molecule has 1 saturated heterocycles. The van der Waals surface area contributed by atoms with Gasteiger partial charge in [0.25, 0.3) is 5.56 Å². The van der Waals surface area contributed by atoms with Crippen LogP contribution in [-0.2, 0) is 27.8 Å². The molecule has 0 unspecified atom stereocenters. The van der Waals surface area contributed by atoms with Crippen molar-refractivity contribution in [3.05, 3.63) is 94.4 Å². The summed E-state index contributed by atoms with van der Waals surface area (Å²) in [4.78, 5) is 24.7. The van der Waals surface area contributed by atoms with Crippen molar-refractivity contribution in [2.75, 3.05) is 18.4 Å². The number of pyridine rings is 1. The van der Waals surface area contributed by atoms with Gasteiger partial charge in [0.05, 0.1) is 11.3 Å². The molecule has 0 saturated carbocycles. The molecule has 1 aromatic heterocycles. The number of benzene rings is 2. The summed E-state index contributed by atoms with van der Waals surface area (Å²) < 4.78 is 30.0. The molecule has 0 aliphatic carbocycles. The molecule has 2 aliphatic heterocycles. The van der Waals surface area contributed by atoms with Gasteiger partial charge in [0.15, 0.2) is 0 Å². The lowest BCUT2D eigenvalue weighted by Crippen LogP contribution is -2.48. The van der Waals surface area contributed by atoms with E-state index in [0.717, 1.165) is 17.7 Å². The topological polar surface area (TPSA) is 88.5 Å². The van der Waals surface area contributed by atoms with Crippen LogP contribution in [0.3, 0.4) is 0 Å². The Balaban J connectivity index is 1.29. The Morgan fingerprint density at radius 2 is 1.67 bits per heavy atom. The summed E-state index contributed by atoms with van der Waals surface area (Å²) in [5.41, 5.74) is 2.35. The molecule has 1 fully saturated rings. The van der Waals surface area contributed by atoms with Crippen LogP contribution in [0.5, 0.6) is 0 Å². The fourth-order valence-electron chi connectivity index (χ4n) is 4.89. The third-order valence-corrected chi connectivity index (χ3v) is 8.28. The molecule has 2 bridgehead atoms. The number of aromatic nitrogens is 1. The van der Waals surface area contributed by atoms with E-state index in [1.54, 1.807) is 28.8 Å². The molecule has 2 atom stereocenters. The van der Waals surface area contributed by atoms with Crippen molar-refractivity contribution < 1.29 is 13.2 Å². The molecule has 1 N–H and O–H groups in total. The van der Waals surface area contributed by atoms with Crippen molar-refractivity contribution >= 4 is 21.6 Å². The first-order chi connectivity index (χ1) is 15.9. The number of sulfonamides is 1. The van der Waals surface area contributed by atoms with Gasteiger partial charge in [-0.3, -0.25) is 9.59 Å². The van der Waals surface area contributed by atoms with Crippen molar-refractivity contribution in [2.24, 2.45) is 5.92 Å². The van der Waals surface area contributed by atoms with E-state index in [-0.39, 0.29) is 34.6 Å². The Morgan fingerprint density at radius 1 is 0.909 bits per heavy atom. The van der Waals surface area contributed by atoms with E-state index in [0.29, 0.717) is 25.3 Å². The Hall–Kier alpha value is -3.23. The molecule has 33 heavy (non-hydrogen) atoms. The van der Waals surface area contributed by atoms with Crippen LogP contribution < -0.4 is 10.9 Å². The summed E-state index contributed by atoms with van der Waals surface area (Å²) in [5, 5.41) is 2.82. The number of fused-ring (bicyclic) bond motifs is 4. The number of nitrogens with zero attached hydrogens (tertiary/aromatic N) is 2. The molecule has 1 amide bonds. The lowest BCUT2D eigenvalue weighted by molar-refractivity contribution is -0.115. The molecule has 0 spiro atoms. The highest BCUT2D eigenvalue weighted by atomic mass is 32.2. The van der Waals surface area contributed by atoms with Gasteiger partial charge in [0.1, 0.15) is 0 Å². The summed E-state index contributed by atoms with van der Waals surface area (Å²) in [6.45, 7) is 1.30. The van der Waals surface area contributed by atoms with E-state index in [1.165, 1.54) is 16.4 Å². The van der Waals surface area contributed by atoms with Gasteiger partial charge >= 0.3 is 0 Å². The lowest BCUT2D eigenvalue weighted by Gasteiger charge is -2.42. The summed E-state index contributed by atoms with van der Waals surface area (Å²) in [6.07, 6.45) is 1.14. The van der Waals surface area contributed by atoms with Crippen molar-refractivity contribution in [2.45, 2.75) is 30.2 Å². The average Bonchev–Trinajstić information content (AvgIpc) is 2.81. The van der Waals surface area contributed by atoms with Crippen LogP contribution in [0.2, 0.25) is 0 Å². The number of nitrogens with one attached hydrogen (secondary N) is 1. The molecule has 7 nitrogen and oxygen atoms in total. The second-order valence-corrected chi connectivity index (χ2v) is 10.7. The fraction of sp³-hybridized carbons (Fsp3) is 0.280. The van der Waals surface area contributed by atoms with Crippen molar-refractivity contribution in [3.8, 4) is 0 Å². The van der Waals surface area contributed by atoms with Crippen molar-refractivity contribution in [1.82, 2.24) is 8.87 Å². The summed E-state index contributed by atoms with van der Waals surface area (Å²) in [5.74, 6) is -0.0324. The Kier molecular flexibility index (Phi) is 5.64. The average molecular weight is 464 g/mol. The van der Waals surface area contributed by atoms with Gasteiger partial charge in [-0.25, -0.2) is 8.42 Å². The molecule has 3 heterocycles. The molecular formula is C25H25N3O4S. The molecule has 0 radical (unpaired) electrons. The van der Waals surface area contributed by atoms with E-state index < -0.39 is 10.0 Å². The minimum absolute atomic E-state index is 0.0118. The Morgan fingerprint density at radius 3 is 2.42 bits per heavy atom. The minimum Gasteiger partial charge on any atom is -0.326 e. The molecule has 170 valence electrons. The number of piperidine rings is 1. The fourth-order valence-corrected chi connectivity index (χ4v) is 6.46. The largest absolute Gasteiger partial charge is 0.326 e. The van der Waals surface area contributed by atoms with E-state index in [4.69, 9.17) is 0 Å². The van der Waals surface area contributed by atoms with Gasteiger partial charge in [0.2, 0.25) is 15.9 Å². The highest BCUT2D eigenvalue weighted by Crippen LogP contribution is 2.37. The first-order valence-corrected chi connectivity index (χ1v) is 12.5. The summed E-state index contributed by atoms with van der Waals surface area (Å²) in [7, 11) is -3.68. The van der Waals surface area contributed by atoms with Gasteiger partial charge < -0.3 is 9.88 Å². The monoisotopic (exact) mass is 463 g/mol. The first-order valence-electron chi connectivity index (χ1n) is 11.0. The number of hydrogen-bond acceptors (Lipinski definition) is 4. The van der Waals surface area contributed by atoms with E-state index in [9.17, 15) is 18.0 Å². The van der Waals surface area contributed by atoms with E-state index in [1.807, 2.05) is 36.4 Å². The third-order valence-electron chi connectivity index (χ3n) is 6.43. The maximum atomic E-state index is 13.3. The maximum absolute atomic E-state index is 13.3. The normalized spacial score (nSPS) is 20.1. The standard InChI is InChI=1S/C25H25N3O4S/c29-24(14-18-5-2-1-3-6-18)26-21-9-11-22(12-10-21)33(31,32)27-15-19-13-20(17-27)23-7-4-8-25(30)28(23)16-19/h1-12,19-20H,13-17H2,(H,26,29)/t19-,20-/m0/s1. The second-order valence-electron chi connectivity index (χ2n) is 8.76. The molecular weight excluding hydrogens is 438 g/mol. The van der Waals surface area contributed by atoms with Crippen molar-refractivity contribution in [1.29, 1.82) is 0 Å². The van der Waals surface area contributed by atoms with Crippen LogP contribution >= 0.6 is 0 Å². The number of hydrogen-bond donors (Lipinski definition) is 1. The second kappa shape index (κ2) is 8.61. The van der Waals surface area contributed by atoms with Gasteiger partial charge in [0, 0.05) is 43.0 Å². The molecule has 8 heteroatoms. The number of carbonyl (C=O) groups excluding carboxylic acids is 1. The van der Waals surface area contributed by atoms with Crippen LogP contribution in [-0.4, -0.2) is 36.3 Å². The van der Waals surface area contributed by atoms with Gasteiger partial charge in [-0.2, -0.15) is 4.31 Å². The van der Waals surface area contributed by atoms with E-state index in [2.05, 4.69) is 5.32 Å². The van der Waals surface area contributed by atoms with Crippen LogP contribution in [0.1, 0.15) is 23.6 Å². The van der Waals surface area contributed by atoms with Crippen molar-refractivity contribution in [3.63, 3.8) is 0 Å². The lowest BCUT2D eigenvalue weighted by atomic mass is 9.84.